The van der Waals surface area contributed by atoms with Gasteiger partial charge in [0.2, 0.25) is 5.91 Å². The molecule has 0 saturated carbocycles. The maximum absolute atomic E-state index is 12.2. The summed E-state index contributed by atoms with van der Waals surface area (Å²) in [5.74, 6) is -0.474. The third-order valence-electron chi connectivity index (χ3n) is 4.12. The first-order valence-corrected chi connectivity index (χ1v) is 8.54. The molecule has 0 fully saturated rings. The predicted molar refractivity (Wildman–Crippen MR) is 106 cm³/mol. The standard InChI is InChI=1S/C21H23N3O3/c1-4-8-18(24-21(26)27)16-11-15(12-22-13-16)17-9-6-7-10-19(17)23-20(25)14(3)5-2/h4-7,9-14,18,24H,1-2,8H2,3H3,(H,23,25)(H,26,27). The second-order valence-corrected chi connectivity index (χ2v) is 6.09. The molecule has 2 rings (SSSR count). The molecular weight excluding hydrogens is 342 g/mol. The van der Waals surface area contributed by atoms with Crippen LogP contribution in [0.3, 0.4) is 0 Å². The van der Waals surface area contributed by atoms with Gasteiger partial charge in [-0.15, -0.1) is 13.2 Å². The molecule has 1 aromatic heterocycles. The lowest BCUT2D eigenvalue weighted by Gasteiger charge is -2.17. The maximum atomic E-state index is 12.2. The maximum Gasteiger partial charge on any atom is 0.405 e. The van der Waals surface area contributed by atoms with E-state index in [1.165, 1.54) is 0 Å². The molecule has 0 aliphatic rings. The summed E-state index contributed by atoms with van der Waals surface area (Å²) in [6, 6.07) is 8.80. The summed E-state index contributed by atoms with van der Waals surface area (Å²) in [4.78, 5) is 27.5. The van der Waals surface area contributed by atoms with Crippen LogP contribution in [0.1, 0.15) is 24.9 Å². The van der Waals surface area contributed by atoms with Gasteiger partial charge in [-0.3, -0.25) is 9.78 Å². The van der Waals surface area contributed by atoms with Crippen molar-refractivity contribution >= 4 is 17.7 Å². The van der Waals surface area contributed by atoms with Gasteiger partial charge < -0.3 is 15.7 Å². The highest BCUT2D eigenvalue weighted by molar-refractivity contribution is 5.97. The summed E-state index contributed by atoms with van der Waals surface area (Å²) in [5, 5.41) is 14.4. The topological polar surface area (TPSA) is 91.3 Å². The van der Waals surface area contributed by atoms with Crippen molar-refractivity contribution < 1.29 is 14.7 Å². The first-order chi connectivity index (χ1) is 13.0. The van der Waals surface area contributed by atoms with Gasteiger partial charge in [0.05, 0.1) is 12.0 Å². The van der Waals surface area contributed by atoms with Crippen LogP contribution >= 0.6 is 0 Å². The normalized spacial score (nSPS) is 12.5. The number of para-hydroxylation sites is 1. The number of hydrogen-bond acceptors (Lipinski definition) is 3. The molecular formula is C21H23N3O3. The first-order valence-electron chi connectivity index (χ1n) is 8.54. The molecule has 0 saturated heterocycles. The van der Waals surface area contributed by atoms with E-state index in [9.17, 15) is 9.59 Å². The van der Waals surface area contributed by atoms with E-state index in [4.69, 9.17) is 5.11 Å². The number of carbonyl (C=O) groups is 2. The van der Waals surface area contributed by atoms with Crippen molar-refractivity contribution in [1.29, 1.82) is 0 Å². The van der Waals surface area contributed by atoms with Crippen LogP contribution < -0.4 is 10.6 Å². The van der Waals surface area contributed by atoms with Crippen molar-refractivity contribution in [3.8, 4) is 11.1 Å². The van der Waals surface area contributed by atoms with Crippen LogP contribution in [0.2, 0.25) is 0 Å². The van der Waals surface area contributed by atoms with E-state index in [2.05, 4.69) is 28.8 Å². The van der Waals surface area contributed by atoms with Crippen molar-refractivity contribution in [3.63, 3.8) is 0 Å². The van der Waals surface area contributed by atoms with E-state index in [1.54, 1.807) is 31.5 Å². The Balaban J connectivity index is 2.39. The van der Waals surface area contributed by atoms with Gasteiger partial charge in [-0.05, 0) is 24.1 Å². The van der Waals surface area contributed by atoms with Crippen LogP contribution in [0.4, 0.5) is 10.5 Å². The van der Waals surface area contributed by atoms with E-state index in [0.717, 1.165) is 16.7 Å². The zero-order valence-corrected chi connectivity index (χ0v) is 15.2. The zero-order chi connectivity index (χ0) is 19.8. The fourth-order valence-electron chi connectivity index (χ4n) is 2.59. The predicted octanol–water partition coefficient (Wildman–Crippen LogP) is 4.39. The number of amides is 2. The monoisotopic (exact) mass is 365 g/mol. The van der Waals surface area contributed by atoms with Crippen molar-refractivity contribution in [1.82, 2.24) is 10.3 Å². The number of nitrogens with zero attached hydrogens (tertiary/aromatic N) is 1. The molecule has 0 bridgehead atoms. The van der Waals surface area contributed by atoms with Crippen LogP contribution in [-0.4, -0.2) is 22.1 Å². The van der Waals surface area contributed by atoms with E-state index < -0.39 is 12.1 Å². The quantitative estimate of drug-likeness (QED) is 0.605. The minimum atomic E-state index is -1.11. The molecule has 1 heterocycles. The number of nitrogens with one attached hydrogen (secondary N) is 2. The largest absolute Gasteiger partial charge is 0.465 e. The minimum Gasteiger partial charge on any atom is -0.465 e. The Kier molecular flexibility index (Phi) is 6.88. The lowest BCUT2D eigenvalue weighted by Crippen LogP contribution is -2.26. The Morgan fingerprint density at radius 3 is 2.67 bits per heavy atom. The van der Waals surface area contributed by atoms with Gasteiger partial charge in [0.15, 0.2) is 0 Å². The highest BCUT2D eigenvalue weighted by Gasteiger charge is 2.16. The molecule has 140 valence electrons. The average Bonchev–Trinajstić information content (AvgIpc) is 2.67. The molecule has 3 N–H and O–H groups in total. The Hall–Kier alpha value is -3.41. The number of carbonyl (C=O) groups excluding carboxylic acids is 1. The van der Waals surface area contributed by atoms with Crippen molar-refractivity contribution in [2.45, 2.75) is 19.4 Å². The molecule has 2 unspecified atom stereocenters. The highest BCUT2D eigenvalue weighted by atomic mass is 16.4. The molecule has 0 radical (unpaired) electrons. The number of rotatable bonds is 8. The molecule has 0 aliphatic heterocycles. The van der Waals surface area contributed by atoms with Crippen molar-refractivity contribution in [2.24, 2.45) is 5.92 Å². The highest BCUT2D eigenvalue weighted by Crippen LogP contribution is 2.30. The van der Waals surface area contributed by atoms with Crippen LogP contribution in [0.25, 0.3) is 11.1 Å². The Morgan fingerprint density at radius 2 is 2.00 bits per heavy atom. The number of pyridine rings is 1. The Labute approximate surface area is 158 Å². The smallest absolute Gasteiger partial charge is 0.405 e. The molecule has 2 atom stereocenters. The summed E-state index contributed by atoms with van der Waals surface area (Å²) in [6.45, 7) is 9.09. The molecule has 6 nitrogen and oxygen atoms in total. The fourth-order valence-corrected chi connectivity index (χ4v) is 2.59. The van der Waals surface area contributed by atoms with Gasteiger partial charge in [0.1, 0.15) is 0 Å². The van der Waals surface area contributed by atoms with Gasteiger partial charge in [0, 0.05) is 29.2 Å². The van der Waals surface area contributed by atoms with Crippen LogP contribution in [-0.2, 0) is 4.79 Å². The molecule has 1 aromatic carbocycles. The number of anilines is 1. The molecule has 2 aromatic rings. The van der Waals surface area contributed by atoms with Gasteiger partial charge >= 0.3 is 6.09 Å². The summed E-state index contributed by atoms with van der Waals surface area (Å²) in [7, 11) is 0. The Bertz CT molecular complexity index is 848. The number of aromatic nitrogens is 1. The molecule has 2 amide bonds. The zero-order valence-electron chi connectivity index (χ0n) is 15.2. The Morgan fingerprint density at radius 1 is 1.26 bits per heavy atom. The number of hydrogen-bond donors (Lipinski definition) is 3. The minimum absolute atomic E-state index is 0.154. The fraction of sp³-hybridized carbons (Fsp3) is 0.190. The molecule has 6 heteroatoms. The third-order valence-corrected chi connectivity index (χ3v) is 4.12. The summed E-state index contributed by atoms with van der Waals surface area (Å²) >= 11 is 0. The molecule has 0 spiro atoms. The third kappa shape index (κ3) is 5.28. The van der Waals surface area contributed by atoms with E-state index in [-0.39, 0.29) is 11.8 Å². The molecule has 27 heavy (non-hydrogen) atoms. The van der Waals surface area contributed by atoms with E-state index in [0.29, 0.717) is 12.1 Å². The summed E-state index contributed by atoms with van der Waals surface area (Å²) < 4.78 is 0. The second-order valence-electron chi connectivity index (χ2n) is 6.09. The summed E-state index contributed by atoms with van der Waals surface area (Å²) in [5.41, 5.74) is 2.94. The lowest BCUT2D eigenvalue weighted by molar-refractivity contribution is -0.118. The van der Waals surface area contributed by atoms with Gasteiger partial charge in [-0.2, -0.15) is 0 Å². The van der Waals surface area contributed by atoms with Gasteiger partial charge in [-0.1, -0.05) is 37.3 Å². The van der Waals surface area contributed by atoms with Crippen molar-refractivity contribution in [2.75, 3.05) is 5.32 Å². The molecule has 0 aliphatic carbocycles. The van der Waals surface area contributed by atoms with Crippen LogP contribution in [0.5, 0.6) is 0 Å². The second kappa shape index (κ2) is 9.33. The SMILES string of the molecule is C=CCC(NC(=O)O)c1cncc(-c2ccccc2NC(=O)C(C)C=C)c1. The van der Waals surface area contributed by atoms with Crippen molar-refractivity contribution in [3.05, 3.63) is 73.6 Å². The first kappa shape index (κ1) is 19.9. The van der Waals surface area contributed by atoms with Crippen LogP contribution in [0.15, 0.2) is 68.0 Å². The summed E-state index contributed by atoms with van der Waals surface area (Å²) in [6.07, 6.45) is 5.85. The van der Waals surface area contributed by atoms with E-state index >= 15 is 0 Å². The average molecular weight is 365 g/mol. The lowest BCUT2D eigenvalue weighted by atomic mass is 9.99. The van der Waals surface area contributed by atoms with Gasteiger partial charge in [-0.25, -0.2) is 4.79 Å². The van der Waals surface area contributed by atoms with Gasteiger partial charge in [0.25, 0.3) is 0 Å². The van der Waals surface area contributed by atoms with Crippen LogP contribution in [0, 0.1) is 5.92 Å². The number of benzene rings is 1. The van der Waals surface area contributed by atoms with E-state index in [1.807, 2.05) is 30.3 Å². The number of carboxylic acid groups (broad SMARTS) is 1.